The second kappa shape index (κ2) is 6.26. The quantitative estimate of drug-likeness (QED) is 0.709. The van der Waals surface area contributed by atoms with Crippen LogP contribution in [-0.2, 0) is 12.8 Å². The van der Waals surface area contributed by atoms with Gasteiger partial charge in [-0.05, 0) is 35.9 Å². The van der Waals surface area contributed by atoms with E-state index in [1.54, 1.807) is 18.2 Å². The molecule has 0 bridgehead atoms. The molecule has 0 aliphatic carbocycles. The molecule has 1 aromatic carbocycles. The van der Waals surface area contributed by atoms with Crippen LogP contribution in [0.1, 0.15) is 22.9 Å². The fourth-order valence-electron chi connectivity index (χ4n) is 2.05. The van der Waals surface area contributed by atoms with Gasteiger partial charge < -0.3 is 9.52 Å². The Balaban J connectivity index is 1.64. The molecule has 0 atom stereocenters. The molecule has 6 heteroatoms. The van der Waals surface area contributed by atoms with Crippen molar-refractivity contribution in [2.45, 2.75) is 12.8 Å². The van der Waals surface area contributed by atoms with Crippen LogP contribution in [0, 0.1) is 5.82 Å². The van der Waals surface area contributed by atoms with Gasteiger partial charge in [0.2, 0.25) is 0 Å². The molecule has 3 aromatic rings. The lowest BCUT2D eigenvalue weighted by Gasteiger charge is -1.98. The summed E-state index contributed by atoms with van der Waals surface area (Å²) in [5.41, 5.74) is 0.974. The number of halogens is 1. The van der Waals surface area contributed by atoms with Gasteiger partial charge in [0.15, 0.2) is 11.6 Å². The number of nitrogens with one attached hydrogen (secondary N) is 1. The summed E-state index contributed by atoms with van der Waals surface area (Å²) in [5.74, 6) is 1.60. The van der Waals surface area contributed by atoms with Crippen LogP contribution in [0.4, 0.5) is 4.39 Å². The lowest BCUT2D eigenvalue weighted by molar-refractivity contribution is 0.477. The summed E-state index contributed by atoms with van der Waals surface area (Å²) in [6, 6.07) is 10.0. The largest absolute Gasteiger partial charge is 0.504 e. The summed E-state index contributed by atoms with van der Waals surface area (Å²) in [5, 5.41) is 16.0. The highest BCUT2D eigenvalue weighted by Gasteiger charge is 2.05. The summed E-state index contributed by atoms with van der Waals surface area (Å²) in [4.78, 5) is 3.85. The number of aliphatic hydroxyl groups is 1. The van der Waals surface area contributed by atoms with Crippen molar-refractivity contribution in [3.05, 3.63) is 77.5 Å². The molecular weight excluding hydrogens is 285 g/mol. The van der Waals surface area contributed by atoms with Gasteiger partial charge in [0.1, 0.15) is 23.7 Å². The number of nitrogens with zero attached hydrogens (tertiary/aromatic N) is 2. The average molecular weight is 299 g/mol. The molecule has 0 saturated carbocycles. The van der Waals surface area contributed by atoms with E-state index in [-0.39, 0.29) is 11.6 Å². The van der Waals surface area contributed by atoms with Crippen LogP contribution >= 0.6 is 0 Å². The van der Waals surface area contributed by atoms with E-state index < -0.39 is 0 Å². The zero-order valence-electron chi connectivity index (χ0n) is 11.7. The number of H-pyrrole nitrogens is 1. The van der Waals surface area contributed by atoms with E-state index in [1.165, 1.54) is 18.5 Å². The number of aromatic amines is 1. The first-order chi connectivity index (χ1) is 10.7. The lowest BCUT2D eigenvalue weighted by atomic mass is 10.1. The Kier molecular flexibility index (Phi) is 4.00. The van der Waals surface area contributed by atoms with Gasteiger partial charge in [-0.25, -0.2) is 9.37 Å². The Hall–Kier alpha value is -2.89. The molecule has 112 valence electrons. The molecule has 3 rings (SSSR count). The van der Waals surface area contributed by atoms with Gasteiger partial charge in [0, 0.05) is 12.8 Å². The zero-order chi connectivity index (χ0) is 15.4. The normalized spacial score (nSPS) is 11.8. The van der Waals surface area contributed by atoms with Crippen molar-refractivity contribution in [1.29, 1.82) is 0 Å². The van der Waals surface area contributed by atoms with Gasteiger partial charge in [-0.1, -0.05) is 12.1 Å². The maximum atomic E-state index is 12.9. The monoisotopic (exact) mass is 299 g/mol. The standard InChI is InChI=1S/C16H14FN3O2/c17-12-3-1-11(2-4-12)9-14-6-5-13(22-14)7-8-15(21)16-18-10-19-20-16/h1-6,8,10,21H,7,9H2,(H,18,19,20)/b15-8-. The molecule has 0 unspecified atom stereocenters. The smallest absolute Gasteiger partial charge is 0.190 e. The number of allylic oxidation sites excluding steroid dienone is 1. The van der Waals surface area contributed by atoms with Crippen molar-refractivity contribution < 1.29 is 13.9 Å². The molecule has 2 N–H and O–H groups in total. The molecule has 22 heavy (non-hydrogen) atoms. The lowest BCUT2D eigenvalue weighted by Crippen LogP contribution is -1.88. The van der Waals surface area contributed by atoms with Crippen LogP contribution in [-0.4, -0.2) is 20.3 Å². The van der Waals surface area contributed by atoms with Crippen LogP contribution in [0.25, 0.3) is 5.76 Å². The van der Waals surface area contributed by atoms with E-state index in [9.17, 15) is 9.50 Å². The number of hydrogen-bond acceptors (Lipinski definition) is 4. The van der Waals surface area contributed by atoms with Gasteiger partial charge in [0.05, 0.1) is 0 Å². The summed E-state index contributed by atoms with van der Waals surface area (Å²) in [6.07, 6.45) is 3.96. The van der Waals surface area contributed by atoms with E-state index in [4.69, 9.17) is 4.42 Å². The Morgan fingerprint density at radius 1 is 1.18 bits per heavy atom. The first-order valence-corrected chi connectivity index (χ1v) is 6.77. The van der Waals surface area contributed by atoms with Crippen molar-refractivity contribution in [3.8, 4) is 0 Å². The molecule has 2 heterocycles. The Labute approximate surface area is 126 Å². The zero-order valence-corrected chi connectivity index (χ0v) is 11.7. The summed E-state index contributed by atoms with van der Waals surface area (Å²) < 4.78 is 18.5. The average Bonchev–Trinajstić information content (AvgIpc) is 3.19. The number of furan rings is 1. The minimum atomic E-state index is -0.253. The predicted molar refractivity (Wildman–Crippen MR) is 78.6 cm³/mol. The number of aromatic nitrogens is 3. The topological polar surface area (TPSA) is 74.9 Å². The number of aliphatic hydroxyl groups excluding tert-OH is 1. The molecule has 0 amide bonds. The fraction of sp³-hybridized carbons (Fsp3) is 0.125. The van der Waals surface area contributed by atoms with E-state index in [0.717, 1.165) is 17.1 Å². The second-order valence-corrected chi connectivity index (χ2v) is 4.80. The highest BCUT2D eigenvalue weighted by Crippen LogP contribution is 2.15. The van der Waals surface area contributed by atoms with Crippen LogP contribution in [0.3, 0.4) is 0 Å². The minimum absolute atomic E-state index is 0.0222. The molecule has 0 fully saturated rings. The number of benzene rings is 1. The van der Waals surface area contributed by atoms with Crippen LogP contribution < -0.4 is 0 Å². The van der Waals surface area contributed by atoms with E-state index >= 15 is 0 Å². The number of rotatable bonds is 5. The Morgan fingerprint density at radius 2 is 1.95 bits per heavy atom. The van der Waals surface area contributed by atoms with Gasteiger partial charge in [-0.3, -0.25) is 5.10 Å². The summed E-state index contributed by atoms with van der Waals surface area (Å²) in [7, 11) is 0. The molecule has 0 aliphatic heterocycles. The van der Waals surface area contributed by atoms with Crippen molar-refractivity contribution >= 4 is 5.76 Å². The van der Waals surface area contributed by atoms with Gasteiger partial charge in [-0.15, -0.1) is 0 Å². The first kappa shape index (κ1) is 14.1. The van der Waals surface area contributed by atoms with Gasteiger partial charge in [-0.2, -0.15) is 5.10 Å². The molecular formula is C16H14FN3O2. The molecule has 2 aromatic heterocycles. The van der Waals surface area contributed by atoms with Gasteiger partial charge in [0.25, 0.3) is 0 Å². The summed E-state index contributed by atoms with van der Waals surface area (Å²) >= 11 is 0. The molecule has 0 aliphatic rings. The molecule has 0 spiro atoms. The highest BCUT2D eigenvalue weighted by atomic mass is 19.1. The summed E-state index contributed by atoms with van der Waals surface area (Å²) in [6.45, 7) is 0. The van der Waals surface area contributed by atoms with Crippen molar-refractivity contribution in [1.82, 2.24) is 15.2 Å². The maximum Gasteiger partial charge on any atom is 0.190 e. The van der Waals surface area contributed by atoms with E-state index in [2.05, 4.69) is 15.2 Å². The minimum Gasteiger partial charge on any atom is -0.504 e. The highest BCUT2D eigenvalue weighted by molar-refractivity contribution is 5.50. The second-order valence-electron chi connectivity index (χ2n) is 4.80. The Bertz CT molecular complexity index is 761. The third-order valence-electron chi connectivity index (χ3n) is 3.16. The fourth-order valence-corrected chi connectivity index (χ4v) is 2.05. The van der Waals surface area contributed by atoms with E-state index in [1.807, 2.05) is 12.1 Å². The molecule has 0 radical (unpaired) electrons. The van der Waals surface area contributed by atoms with Crippen molar-refractivity contribution in [2.75, 3.05) is 0 Å². The van der Waals surface area contributed by atoms with Crippen molar-refractivity contribution in [2.24, 2.45) is 0 Å². The van der Waals surface area contributed by atoms with Crippen LogP contribution in [0.2, 0.25) is 0 Å². The first-order valence-electron chi connectivity index (χ1n) is 6.77. The SMILES string of the molecule is O/C(=C\Cc1ccc(Cc2ccc(F)cc2)o1)c1ncn[nH]1. The van der Waals surface area contributed by atoms with Gasteiger partial charge >= 0.3 is 0 Å². The molecule has 0 saturated heterocycles. The molecule has 5 nitrogen and oxygen atoms in total. The van der Waals surface area contributed by atoms with Crippen molar-refractivity contribution in [3.63, 3.8) is 0 Å². The predicted octanol–water partition coefficient (Wildman–Crippen LogP) is 3.27. The van der Waals surface area contributed by atoms with Crippen LogP contribution in [0.5, 0.6) is 0 Å². The Morgan fingerprint density at radius 3 is 2.68 bits per heavy atom. The third kappa shape index (κ3) is 3.41. The number of hydrogen-bond donors (Lipinski definition) is 2. The van der Waals surface area contributed by atoms with E-state index in [0.29, 0.717) is 18.7 Å². The van der Waals surface area contributed by atoms with Crippen LogP contribution in [0.15, 0.2) is 53.2 Å². The third-order valence-corrected chi connectivity index (χ3v) is 3.16. The maximum absolute atomic E-state index is 12.9.